The lowest BCUT2D eigenvalue weighted by atomic mass is 9.92. The third-order valence-electron chi connectivity index (χ3n) is 5.89. The molecule has 2 aromatic heterocycles. The Kier molecular flexibility index (Phi) is 7.98. The Morgan fingerprint density at radius 3 is 1.44 bits per heavy atom. The van der Waals surface area contributed by atoms with Gasteiger partial charge in [-0.15, -0.1) is 0 Å². The molecule has 0 aliphatic heterocycles. The summed E-state index contributed by atoms with van der Waals surface area (Å²) in [5.74, 6) is 0.696. The molecular formula is C28H22Cl2N2O4. The molecule has 0 aliphatic rings. The molecule has 6 nitrogen and oxygen atoms in total. The van der Waals surface area contributed by atoms with Crippen LogP contribution < -0.4 is 9.47 Å². The highest BCUT2D eigenvalue weighted by Gasteiger charge is 2.13. The van der Waals surface area contributed by atoms with Crippen molar-refractivity contribution in [2.45, 2.75) is 27.1 Å². The van der Waals surface area contributed by atoms with E-state index in [1.807, 2.05) is 38.1 Å². The monoisotopic (exact) mass is 520 g/mol. The van der Waals surface area contributed by atoms with Crippen molar-refractivity contribution in [1.82, 2.24) is 9.97 Å². The van der Waals surface area contributed by atoms with Gasteiger partial charge in [-0.2, -0.15) is 0 Å². The van der Waals surface area contributed by atoms with Crippen molar-refractivity contribution in [2.75, 3.05) is 0 Å². The molecule has 0 N–H and O–H groups in total. The summed E-state index contributed by atoms with van der Waals surface area (Å²) in [7, 11) is 0. The molecule has 0 saturated carbocycles. The first-order valence-corrected chi connectivity index (χ1v) is 11.8. The van der Waals surface area contributed by atoms with E-state index in [1.165, 1.54) is 0 Å². The van der Waals surface area contributed by atoms with Crippen molar-refractivity contribution in [3.05, 3.63) is 104 Å². The number of carbonyl (C=O) groups is 2. The van der Waals surface area contributed by atoms with E-state index >= 15 is 0 Å². The van der Waals surface area contributed by atoms with Gasteiger partial charge in [0.05, 0.1) is 11.1 Å². The van der Waals surface area contributed by atoms with Crippen molar-refractivity contribution >= 4 is 35.8 Å². The van der Waals surface area contributed by atoms with Gasteiger partial charge >= 0.3 is 0 Å². The summed E-state index contributed by atoms with van der Waals surface area (Å²) in [5.41, 5.74) is 6.94. The summed E-state index contributed by atoms with van der Waals surface area (Å²) in [6, 6.07) is 18.5. The second-order valence-corrected chi connectivity index (χ2v) is 8.77. The lowest BCUT2D eigenvalue weighted by molar-refractivity contribution is 0.111. The first kappa shape index (κ1) is 25.4. The molecule has 4 rings (SSSR count). The molecule has 0 saturated heterocycles. The zero-order valence-corrected chi connectivity index (χ0v) is 21.1. The zero-order valence-electron chi connectivity index (χ0n) is 19.6. The maximum absolute atomic E-state index is 10.9. The van der Waals surface area contributed by atoms with Crippen molar-refractivity contribution in [1.29, 1.82) is 0 Å². The van der Waals surface area contributed by atoms with Crippen LogP contribution >= 0.6 is 23.2 Å². The maximum Gasteiger partial charge on any atom is 0.215 e. The molecule has 8 heteroatoms. The first-order chi connectivity index (χ1) is 17.4. The van der Waals surface area contributed by atoms with Gasteiger partial charge < -0.3 is 9.47 Å². The van der Waals surface area contributed by atoms with Crippen LogP contribution in [0.4, 0.5) is 0 Å². The van der Waals surface area contributed by atoms with Gasteiger partial charge in [-0.1, -0.05) is 59.6 Å². The van der Waals surface area contributed by atoms with Crippen LogP contribution in [0.3, 0.4) is 0 Å². The molecule has 2 aromatic carbocycles. The lowest BCUT2D eigenvalue weighted by Crippen LogP contribution is -2.03. The third-order valence-corrected chi connectivity index (χ3v) is 6.50. The molecule has 0 amide bonds. The van der Waals surface area contributed by atoms with Gasteiger partial charge in [0.25, 0.3) is 0 Å². The van der Waals surface area contributed by atoms with Gasteiger partial charge in [0.2, 0.25) is 11.8 Å². The summed E-state index contributed by atoms with van der Waals surface area (Å²) >= 11 is 12.0. The Bertz CT molecular complexity index is 1330. The molecular weight excluding hydrogens is 499 g/mol. The predicted molar refractivity (Wildman–Crippen MR) is 139 cm³/mol. The fourth-order valence-corrected chi connectivity index (χ4v) is 4.14. The summed E-state index contributed by atoms with van der Waals surface area (Å²) in [6.45, 7) is 4.70. The van der Waals surface area contributed by atoms with Gasteiger partial charge in [0, 0.05) is 12.1 Å². The van der Waals surface area contributed by atoms with E-state index in [0.717, 1.165) is 33.4 Å². The fraction of sp³-hybridized carbons (Fsp3) is 0.143. The Labute approximate surface area is 218 Å². The standard InChI is InChI=1S/C28H22Cl2N2O4/c1-17-21(15-35-25-11-9-19(13-33)27(29)31-25)5-3-7-23(17)24-8-4-6-22(18(24)2)16-36-26-12-10-20(14-34)28(30)32-26/h3-14H,15-16H2,1-2H3. The molecule has 0 fully saturated rings. The molecule has 36 heavy (non-hydrogen) atoms. The molecule has 0 bridgehead atoms. The largest absolute Gasteiger partial charge is 0.473 e. The first-order valence-electron chi connectivity index (χ1n) is 11.1. The van der Waals surface area contributed by atoms with Crippen LogP contribution in [0.1, 0.15) is 43.0 Å². The van der Waals surface area contributed by atoms with Gasteiger partial charge in [0.1, 0.15) is 23.5 Å². The molecule has 0 atom stereocenters. The molecule has 2 heterocycles. The molecule has 0 aliphatic carbocycles. The minimum Gasteiger partial charge on any atom is -0.473 e. The van der Waals surface area contributed by atoms with Crippen molar-refractivity contribution in [3.8, 4) is 22.9 Å². The van der Waals surface area contributed by atoms with Gasteiger partial charge in [-0.25, -0.2) is 9.97 Å². The lowest BCUT2D eigenvalue weighted by Gasteiger charge is -2.16. The second-order valence-electron chi connectivity index (χ2n) is 8.05. The molecule has 0 radical (unpaired) electrons. The van der Waals surface area contributed by atoms with Crippen LogP contribution in [0, 0.1) is 13.8 Å². The van der Waals surface area contributed by atoms with Gasteiger partial charge in [-0.05, 0) is 59.4 Å². The maximum atomic E-state index is 10.9. The molecule has 4 aromatic rings. The molecule has 0 unspecified atom stereocenters. The Hall–Kier alpha value is -3.74. The van der Waals surface area contributed by atoms with E-state index in [4.69, 9.17) is 32.7 Å². The van der Waals surface area contributed by atoms with Gasteiger partial charge in [-0.3, -0.25) is 9.59 Å². The number of ether oxygens (including phenoxy) is 2. The minimum absolute atomic E-state index is 0.111. The normalized spacial score (nSPS) is 10.7. The van der Waals surface area contributed by atoms with Gasteiger partial charge in [0.15, 0.2) is 12.6 Å². The van der Waals surface area contributed by atoms with Crippen LogP contribution in [-0.4, -0.2) is 22.5 Å². The number of pyridine rings is 2. The van der Waals surface area contributed by atoms with Crippen LogP contribution in [0.15, 0.2) is 60.7 Å². The van der Waals surface area contributed by atoms with Crippen LogP contribution in [0.25, 0.3) is 11.1 Å². The van der Waals surface area contributed by atoms with E-state index in [1.54, 1.807) is 24.3 Å². The van der Waals surface area contributed by atoms with E-state index in [9.17, 15) is 9.59 Å². The number of aromatic nitrogens is 2. The highest BCUT2D eigenvalue weighted by Crippen LogP contribution is 2.31. The third kappa shape index (κ3) is 5.56. The summed E-state index contributed by atoms with van der Waals surface area (Å²) in [6.07, 6.45) is 1.31. The fourth-order valence-electron chi connectivity index (χ4n) is 3.76. The highest BCUT2D eigenvalue weighted by atomic mass is 35.5. The van der Waals surface area contributed by atoms with E-state index in [0.29, 0.717) is 48.7 Å². The number of nitrogens with zero attached hydrogens (tertiary/aromatic N) is 2. The summed E-state index contributed by atoms with van der Waals surface area (Å²) in [5, 5.41) is 0.222. The number of aldehydes is 2. The van der Waals surface area contributed by atoms with Crippen LogP contribution in [-0.2, 0) is 13.2 Å². The average Bonchev–Trinajstić information content (AvgIpc) is 2.88. The van der Waals surface area contributed by atoms with Crippen molar-refractivity contribution < 1.29 is 19.1 Å². The van der Waals surface area contributed by atoms with Crippen LogP contribution in [0.2, 0.25) is 10.3 Å². The van der Waals surface area contributed by atoms with Crippen molar-refractivity contribution in [2.24, 2.45) is 0 Å². The quantitative estimate of drug-likeness (QED) is 0.177. The highest BCUT2D eigenvalue weighted by molar-refractivity contribution is 6.32. The second kappa shape index (κ2) is 11.3. The number of carbonyl (C=O) groups excluding carboxylic acids is 2. The number of hydrogen-bond acceptors (Lipinski definition) is 6. The smallest absolute Gasteiger partial charge is 0.215 e. The number of halogens is 2. The van der Waals surface area contributed by atoms with E-state index < -0.39 is 0 Å². The average molecular weight is 521 g/mol. The molecule has 182 valence electrons. The number of hydrogen-bond donors (Lipinski definition) is 0. The summed E-state index contributed by atoms with van der Waals surface area (Å²) in [4.78, 5) is 30.1. The van der Waals surface area contributed by atoms with E-state index in [-0.39, 0.29) is 10.3 Å². The topological polar surface area (TPSA) is 78.4 Å². The van der Waals surface area contributed by atoms with Crippen LogP contribution in [0.5, 0.6) is 11.8 Å². The van der Waals surface area contributed by atoms with E-state index in [2.05, 4.69) is 22.1 Å². The summed E-state index contributed by atoms with van der Waals surface area (Å²) < 4.78 is 11.7. The Morgan fingerprint density at radius 1 is 0.667 bits per heavy atom. The number of benzene rings is 2. The SMILES string of the molecule is Cc1c(COc2ccc(C=O)c(Cl)n2)cccc1-c1cccc(COc2ccc(C=O)c(Cl)n2)c1C. The number of rotatable bonds is 9. The minimum atomic E-state index is 0.111. The zero-order chi connectivity index (χ0) is 25.7. The Morgan fingerprint density at radius 2 is 1.08 bits per heavy atom. The Balaban J connectivity index is 1.53. The predicted octanol–water partition coefficient (Wildman–Crippen LogP) is 6.85. The molecule has 0 spiro atoms. The van der Waals surface area contributed by atoms with Crippen molar-refractivity contribution in [3.63, 3.8) is 0 Å².